The van der Waals surface area contributed by atoms with Crippen molar-refractivity contribution < 1.29 is 4.39 Å². The molecule has 1 aliphatic heterocycles. The zero-order valence-electron chi connectivity index (χ0n) is 19.9. The molecule has 176 valence electrons. The van der Waals surface area contributed by atoms with E-state index in [-0.39, 0.29) is 5.82 Å². The molecule has 2 aromatic heterocycles. The molecule has 0 spiro atoms. The van der Waals surface area contributed by atoms with Gasteiger partial charge in [-0.2, -0.15) is 0 Å². The number of hydrogen-bond donors (Lipinski definition) is 1. The second kappa shape index (κ2) is 9.38. The SMILES string of the molecule is Cc1cccc(N2CCN(CCNc3ncnc4c3nc(C)n4-c3ccc(F)cc3)CC2)c1C. The van der Waals surface area contributed by atoms with E-state index >= 15 is 0 Å². The molecular formula is C26H30FN7. The van der Waals surface area contributed by atoms with E-state index in [9.17, 15) is 4.39 Å². The minimum atomic E-state index is -0.266. The smallest absolute Gasteiger partial charge is 0.170 e. The van der Waals surface area contributed by atoms with E-state index in [0.29, 0.717) is 5.65 Å². The van der Waals surface area contributed by atoms with E-state index in [0.717, 1.165) is 62.1 Å². The summed E-state index contributed by atoms with van der Waals surface area (Å²) in [6.45, 7) is 12.1. The van der Waals surface area contributed by atoms with E-state index in [1.807, 2.05) is 11.5 Å². The summed E-state index contributed by atoms with van der Waals surface area (Å²) in [7, 11) is 0. The van der Waals surface area contributed by atoms with Crippen LogP contribution in [0.4, 0.5) is 15.9 Å². The van der Waals surface area contributed by atoms with Crippen LogP contribution in [0, 0.1) is 26.6 Å². The number of aromatic nitrogens is 4. The molecule has 1 aliphatic rings. The molecule has 0 saturated carbocycles. The number of imidazole rings is 1. The molecule has 4 aromatic rings. The van der Waals surface area contributed by atoms with Gasteiger partial charge in [-0.05, 0) is 62.2 Å². The zero-order valence-corrected chi connectivity index (χ0v) is 19.9. The molecule has 34 heavy (non-hydrogen) atoms. The Bertz CT molecular complexity index is 1290. The van der Waals surface area contributed by atoms with Gasteiger partial charge < -0.3 is 10.2 Å². The van der Waals surface area contributed by atoms with Crippen LogP contribution in [-0.4, -0.2) is 63.7 Å². The standard InChI is InChI=1S/C26H30FN7/c1-18-5-4-6-23(19(18)2)33-15-13-32(14-16-33)12-11-28-25-24-26(30-17-29-25)34(20(3)31-24)22-9-7-21(27)8-10-22/h4-10,17H,11-16H2,1-3H3,(H,28,29,30). The molecule has 3 heterocycles. The van der Waals surface area contributed by atoms with Crippen molar-refractivity contribution in [3.05, 3.63) is 71.6 Å². The van der Waals surface area contributed by atoms with Crippen molar-refractivity contribution >= 4 is 22.7 Å². The van der Waals surface area contributed by atoms with Crippen LogP contribution in [0.25, 0.3) is 16.9 Å². The number of hydrogen-bond acceptors (Lipinski definition) is 6. The van der Waals surface area contributed by atoms with Crippen LogP contribution < -0.4 is 10.2 Å². The number of benzene rings is 2. The Labute approximate surface area is 199 Å². The number of anilines is 2. The number of nitrogens with zero attached hydrogens (tertiary/aromatic N) is 6. The molecule has 0 aliphatic carbocycles. The van der Waals surface area contributed by atoms with Crippen molar-refractivity contribution in [3.8, 4) is 5.69 Å². The molecule has 7 nitrogen and oxygen atoms in total. The Kier molecular flexibility index (Phi) is 6.15. The highest BCUT2D eigenvalue weighted by molar-refractivity contribution is 5.84. The summed E-state index contributed by atoms with van der Waals surface area (Å²) in [5.74, 6) is 1.24. The van der Waals surface area contributed by atoms with Gasteiger partial charge in [-0.25, -0.2) is 19.3 Å². The molecular weight excluding hydrogens is 429 g/mol. The number of fused-ring (bicyclic) bond motifs is 1. The van der Waals surface area contributed by atoms with Gasteiger partial charge in [0, 0.05) is 50.6 Å². The van der Waals surface area contributed by atoms with Gasteiger partial charge in [0.05, 0.1) is 0 Å². The van der Waals surface area contributed by atoms with Crippen LogP contribution in [0.2, 0.25) is 0 Å². The fourth-order valence-corrected chi connectivity index (χ4v) is 4.65. The van der Waals surface area contributed by atoms with Gasteiger partial charge in [-0.3, -0.25) is 9.47 Å². The van der Waals surface area contributed by atoms with Crippen molar-refractivity contribution in [3.63, 3.8) is 0 Å². The van der Waals surface area contributed by atoms with Gasteiger partial charge in [0.15, 0.2) is 17.0 Å². The van der Waals surface area contributed by atoms with E-state index in [1.54, 1.807) is 18.5 Å². The lowest BCUT2D eigenvalue weighted by molar-refractivity contribution is 0.267. The van der Waals surface area contributed by atoms with Gasteiger partial charge in [-0.15, -0.1) is 0 Å². The second-order valence-corrected chi connectivity index (χ2v) is 8.84. The van der Waals surface area contributed by atoms with E-state index < -0.39 is 0 Å². The van der Waals surface area contributed by atoms with Crippen LogP contribution in [0.15, 0.2) is 48.8 Å². The van der Waals surface area contributed by atoms with Crippen molar-refractivity contribution in [1.82, 2.24) is 24.4 Å². The third kappa shape index (κ3) is 4.33. The van der Waals surface area contributed by atoms with Gasteiger partial charge in [0.1, 0.15) is 18.0 Å². The Morgan fingerprint density at radius 1 is 0.941 bits per heavy atom. The molecule has 8 heteroatoms. The van der Waals surface area contributed by atoms with Crippen LogP contribution >= 0.6 is 0 Å². The molecule has 0 amide bonds. The second-order valence-electron chi connectivity index (χ2n) is 8.84. The van der Waals surface area contributed by atoms with Crippen molar-refractivity contribution in [1.29, 1.82) is 0 Å². The largest absolute Gasteiger partial charge is 0.369 e. The summed E-state index contributed by atoms with van der Waals surface area (Å²) in [5, 5.41) is 3.45. The number of halogens is 1. The molecule has 5 rings (SSSR count). The van der Waals surface area contributed by atoms with Gasteiger partial charge in [0.2, 0.25) is 0 Å². The van der Waals surface area contributed by atoms with Crippen LogP contribution in [-0.2, 0) is 0 Å². The first-order valence-electron chi connectivity index (χ1n) is 11.7. The van der Waals surface area contributed by atoms with E-state index in [4.69, 9.17) is 4.98 Å². The Morgan fingerprint density at radius 3 is 2.47 bits per heavy atom. The molecule has 2 aromatic carbocycles. The average molecular weight is 460 g/mol. The van der Waals surface area contributed by atoms with Crippen molar-refractivity contribution in [2.24, 2.45) is 0 Å². The summed E-state index contributed by atoms with van der Waals surface area (Å²) in [4.78, 5) is 18.6. The molecule has 1 fully saturated rings. The number of nitrogens with one attached hydrogen (secondary N) is 1. The van der Waals surface area contributed by atoms with Crippen LogP contribution in [0.5, 0.6) is 0 Å². The third-order valence-corrected chi connectivity index (χ3v) is 6.71. The Hall–Kier alpha value is -3.52. The van der Waals surface area contributed by atoms with E-state index in [2.05, 4.69) is 57.1 Å². The molecule has 0 unspecified atom stereocenters. The maximum Gasteiger partial charge on any atom is 0.170 e. The van der Waals surface area contributed by atoms with Gasteiger partial charge in [-0.1, -0.05) is 12.1 Å². The number of rotatable bonds is 6. The minimum absolute atomic E-state index is 0.266. The topological polar surface area (TPSA) is 62.1 Å². The summed E-state index contributed by atoms with van der Waals surface area (Å²) in [6, 6.07) is 12.9. The fraction of sp³-hybridized carbons (Fsp3) is 0.346. The lowest BCUT2D eigenvalue weighted by atomic mass is 10.1. The summed E-state index contributed by atoms with van der Waals surface area (Å²) >= 11 is 0. The van der Waals surface area contributed by atoms with E-state index in [1.165, 1.54) is 28.9 Å². The number of piperazine rings is 1. The van der Waals surface area contributed by atoms with Crippen molar-refractivity contribution in [2.75, 3.05) is 49.5 Å². The molecule has 0 radical (unpaired) electrons. The highest BCUT2D eigenvalue weighted by Crippen LogP contribution is 2.25. The monoisotopic (exact) mass is 459 g/mol. The lowest BCUT2D eigenvalue weighted by Crippen LogP contribution is -2.47. The molecule has 1 N–H and O–H groups in total. The summed E-state index contributed by atoms with van der Waals surface area (Å²) in [5.41, 5.74) is 6.34. The van der Waals surface area contributed by atoms with Crippen molar-refractivity contribution in [2.45, 2.75) is 20.8 Å². The van der Waals surface area contributed by atoms with Gasteiger partial charge >= 0.3 is 0 Å². The van der Waals surface area contributed by atoms with Crippen LogP contribution in [0.1, 0.15) is 17.0 Å². The lowest BCUT2D eigenvalue weighted by Gasteiger charge is -2.37. The first kappa shape index (κ1) is 22.3. The third-order valence-electron chi connectivity index (χ3n) is 6.71. The quantitative estimate of drug-likeness (QED) is 0.468. The average Bonchev–Trinajstić information content (AvgIpc) is 3.18. The Balaban J connectivity index is 1.22. The predicted molar refractivity (Wildman–Crippen MR) is 134 cm³/mol. The Morgan fingerprint density at radius 2 is 1.71 bits per heavy atom. The molecule has 1 saturated heterocycles. The highest BCUT2D eigenvalue weighted by atomic mass is 19.1. The van der Waals surface area contributed by atoms with Crippen LogP contribution in [0.3, 0.4) is 0 Å². The maximum atomic E-state index is 13.4. The number of aryl methyl sites for hydroxylation is 2. The zero-order chi connectivity index (χ0) is 23.7. The molecule has 0 bridgehead atoms. The summed E-state index contributed by atoms with van der Waals surface area (Å²) < 4.78 is 15.3. The summed E-state index contributed by atoms with van der Waals surface area (Å²) in [6.07, 6.45) is 1.55. The first-order valence-corrected chi connectivity index (χ1v) is 11.7. The van der Waals surface area contributed by atoms with Gasteiger partial charge in [0.25, 0.3) is 0 Å². The fourth-order valence-electron chi connectivity index (χ4n) is 4.65. The minimum Gasteiger partial charge on any atom is -0.369 e. The predicted octanol–water partition coefficient (Wildman–Crippen LogP) is 4.11. The maximum absolute atomic E-state index is 13.4. The highest BCUT2D eigenvalue weighted by Gasteiger charge is 2.19. The molecule has 0 atom stereocenters. The first-order chi connectivity index (χ1) is 16.5. The normalized spacial score (nSPS) is 14.6.